The van der Waals surface area contributed by atoms with Gasteiger partial charge in [-0.2, -0.15) is 5.26 Å². The zero-order valence-corrected chi connectivity index (χ0v) is 19.6. The van der Waals surface area contributed by atoms with E-state index in [1.54, 1.807) is 54.6 Å². The van der Waals surface area contributed by atoms with Crippen LogP contribution in [0, 0.1) is 11.3 Å². The maximum absolute atomic E-state index is 13.8. The van der Waals surface area contributed by atoms with E-state index in [2.05, 4.69) is 6.07 Å². The first-order chi connectivity index (χ1) is 15.9. The Morgan fingerprint density at radius 1 is 0.848 bits per heavy atom. The van der Waals surface area contributed by atoms with Gasteiger partial charge in [0.05, 0.1) is 21.8 Å². The summed E-state index contributed by atoms with van der Waals surface area (Å²) in [6.45, 7) is 0. The van der Waals surface area contributed by atoms with E-state index >= 15 is 0 Å². The molecule has 1 atom stereocenters. The fraction of sp³-hybridized carbons (Fsp3) is 0.0741. The largest absolute Gasteiger partial charge is 0.219 e. The molecule has 1 aliphatic carbocycles. The van der Waals surface area contributed by atoms with Crippen LogP contribution in [-0.2, 0) is 16.3 Å². The molecule has 33 heavy (non-hydrogen) atoms. The Balaban J connectivity index is 1.82. The van der Waals surface area contributed by atoms with E-state index in [0.29, 0.717) is 27.6 Å². The number of sulfone groups is 1. The lowest BCUT2D eigenvalue weighted by molar-refractivity contribution is 0.594. The van der Waals surface area contributed by atoms with Crippen LogP contribution < -0.4 is 0 Å². The molecule has 0 radical (unpaired) electrons. The highest BCUT2D eigenvalue weighted by atomic mass is 35.5. The van der Waals surface area contributed by atoms with Crippen LogP contribution in [0.4, 0.5) is 0 Å². The zero-order valence-electron chi connectivity index (χ0n) is 17.3. The Morgan fingerprint density at radius 3 is 2.30 bits per heavy atom. The van der Waals surface area contributed by atoms with Crippen molar-refractivity contribution in [2.24, 2.45) is 0 Å². The molecule has 0 bridgehead atoms. The van der Waals surface area contributed by atoms with Crippen LogP contribution >= 0.6 is 23.2 Å². The molecule has 0 aromatic heterocycles. The van der Waals surface area contributed by atoms with E-state index in [1.807, 2.05) is 30.3 Å². The fourth-order valence-electron chi connectivity index (χ4n) is 4.52. The van der Waals surface area contributed by atoms with Gasteiger partial charge in [-0.15, -0.1) is 0 Å². The van der Waals surface area contributed by atoms with Gasteiger partial charge in [0.15, 0.2) is 0 Å². The lowest BCUT2D eigenvalue weighted by Gasteiger charge is -2.20. The van der Waals surface area contributed by atoms with Crippen LogP contribution in [0.15, 0.2) is 94.7 Å². The number of halogens is 2. The molecule has 0 amide bonds. The summed E-state index contributed by atoms with van der Waals surface area (Å²) in [5.74, 6) is -0.882. The van der Waals surface area contributed by atoms with Crippen LogP contribution in [0.2, 0.25) is 10.0 Å². The lowest BCUT2D eigenvalue weighted by Crippen LogP contribution is -2.12. The first kappa shape index (κ1) is 21.7. The lowest BCUT2D eigenvalue weighted by atomic mass is 9.87. The first-order valence-electron chi connectivity index (χ1n) is 10.3. The average molecular weight is 490 g/mol. The van der Waals surface area contributed by atoms with Gasteiger partial charge < -0.3 is 0 Å². The molecular weight excluding hydrogens is 473 g/mol. The summed E-state index contributed by atoms with van der Waals surface area (Å²) >= 11 is 12.6. The molecule has 0 heterocycles. The zero-order chi connectivity index (χ0) is 23.2. The van der Waals surface area contributed by atoms with Crippen molar-refractivity contribution in [3.05, 3.63) is 117 Å². The third-order valence-corrected chi connectivity index (χ3v) is 8.42. The number of rotatable bonds is 4. The van der Waals surface area contributed by atoms with Gasteiger partial charge >= 0.3 is 0 Å². The summed E-state index contributed by atoms with van der Waals surface area (Å²) in [5.41, 5.74) is 4.93. The number of hydrogen-bond acceptors (Lipinski definition) is 3. The van der Waals surface area contributed by atoms with Crippen LogP contribution in [0.25, 0.3) is 11.1 Å². The van der Waals surface area contributed by atoms with Gasteiger partial charge in [0.25, 0.3) is 0 Å². The predicted molar refractivity (Wildman–Crippen MR) is 130 cm³/mol. The monoisotopic (exact) mass is 489 g/mol. The second-order valence-electron chi connectivity index (χ2n) is 7.88. The normalized spacial score (nSPS) is 13.1. The standard InChI is InChI=1S/C27H17Cl2NO2S/c28-18-10-11-22(25(29)15-18)24(16-30)27-23-14-17-6-4-5-9-20(17)21(23)12-13-26(27)33(31,32)19-7-2-1-3-8-19/h1-13,15,24H,14H2. The molecule has 3 nitrogen and oxygen atoms in total. The molecule has 4 aromatic rings. The molecule has 5 rings (SSSR count). The molecule has 0 spiro atoms. The highest BCUT2D eigenvalue weighted by Gasteiger charge is 2.33. The van der Waals surface area contributed by atoms with Gasteiger partial charge in [-0.3, -0.25) is 0 Å². The second-order valence-corrected chi connectivity index (χ2v) is 10.6. The van der Waals surface area contributed by atoms with Crippen molar-refractivity contribution in [2.75, 3.05) is 0 Å². The molecule has 0 N–H and O–H groups in total. The smallest absolute Gasteiger partial charge is 0.206 e. The van der Waals surface area contributed by atoms with Crippen LogP contribution in [0.5, 0.6) is 0 Å². The van der Waals surface area contributed by atoms with Gasteiger partial charge in [-0.25, -0.2) is 8.42 Å². The molecular formula is C27H17Cl2NO2S. The molecule has 6 heteroatoms. The van der Waals surface area contributed by atoms with E-state index in [9.17, 15) is 13.7 Å². The van der Waals surface area contributed by atoms with Crippen molar-refractivity contribution >= 4 is 33.0 Å². The number of nitrogens with zero attached hydrogens (tertiary/aromatic N) is 1. The quantitative estimate of drug-likeness (QED) is 0.271. The van der Waals surface area contributed by atoms with Gasteiger partial charge in [-0.1, -0.05) is 77.8 Å². The van der Waals surface area contributed by atoms with E-state index in [-0.39, 0.29) is 9.79 Å². The predicted octanol–water partition coefficient (Wildman–Crippen LogP) is 7.05. The summed E-state index contributed by atoms with van der Waals surface area (Å²) in [6.07, 6.45) is 0.544. The first-order valence-corrected chi connectivity index (χ1v) is 12.5. The Bertz CT molecular complexity index is 1540. The Kier molecular flexibility index (Phi) is 5.50. The maximum atomic E-state index is 13.8. The minimum Gasteiger partial charge on any atom is -0.219 e. The number of hydrogen-bond donors (Lipinski definition) is 0. The highest BCUT2D eigenvalue weighted by molar-refractivity contribution is 7.91. The van der Waals surface area contributed by atoms with Gasteiger partial charge in [0, 0.05) is 10.0 Å². The highest BCUT2D eigenvalue weighted by Crippen LogP contribution is 2.46. The van der Waals surface area contributed by atoms with E-state index in [1.165, 1.54) is 0 Å². The van der Waals surface area contributed by atoms with Gasteiger partial charge in [0.2, 0.25) is 9.84 Å². The van der Waals surface area contributed by atoms with E-state index in [0.717, 1.165) is 22.3 Å². The Hall–Kier alpha value is -3.10. The Labute approximate surface area is 202 Å². The van der Waals surface area contributed by atoms with Crippen molar-refractivity contribution in [2.45, 2.75) is 22.1 Å². The van der Waals surface area contributed by atoms with Crippen LogP contribution in [0.1, 0.15) is 28.2 Å². The van der Waals surface area contributed by atoms with Crippen molar-refractivity contribution < 1.29 is 8.42 Å². The van der Waals surface area contributed by atoms with Crippen LogP contribution in [-0.4, -0.2) is 8.42 Å². The fourth-order valence-corrected chi connectivity index (χ4v) is 6.58. The molecule has 0 saturated heterocycles. The summed E-state index contributed by atoms with van der Waals surface area (Å²) in [7, 11) is -3.88. The van der Waals surface area contributed by atoms with Crippen molar-refractivity contribution in [1.82, 2.24) is 0 Å². The third kappa shape index (κ3) is 3.63. The molecule has 4 aromatic carbocycles. The molecule has 1 unspecified atom stereocenters. The van der Waals surface area contributed by atoms with Crippen LogP contribution in [0.3, 0.4) is 0 Å². The second kappa shape index (κ2) is 8.35. The molecule has 0 fully saturated rings. The minimum absolute atomic E-state index is 0.123. The number of fused-ring (bicyclic) bond motifs is 3. The van der Waals surface area contributed by atoms with E-state index in [4.69, 9.17) is 23.2 Å². The topological polar surface area (TPSA) is 57.9 Å². The summed E-state index contributed by atoms with van der Waals surface area (Å²) in [5, 5.41) is 11.1. The van der Waals surface area contributed by atoms with Gasteiger partial charge in [-0.05, 0) is 70.1 Å². The Morgan fingerprint density at radius 2 is 1.58 bits per heavy atom. The number of nitriles is 1. The molecule has 0 saturated carbocycles. The van der Waals surface area contributed by atoms with Gasteiger partial charge in [0.1, 0.15) is 0 Å². The minimum atomic E-state index is -3.88. The summed E-state index contributed by atoms with van der Waals surface area (Å²) in [4.78, 5) is 0.304. The summed E-state index contributed by atoms with van der Waals surface area (Å²) < 4.78 is 27.5. The molecule has 1 aliphatic rings. The van der Waals surface area contributed by atoms with Crippen molar-refractivity contribution in [3.63, 3.8) is 0 Å². The van der Waals surface area contributed by atoms with Crippen molar-refractivity contribution in [1.29, 1.82) is 5.26 Å². The average Bonchev–Trinajstić information content (AvgIpc) is 3.20. The van der Waals surface area contributed by atoms with Crippen molar-refractivity contribution in [3.8, 4) is 17.2 Å². The van der Waals surface area contributed by atoms with E-state index < -0.39 is 15.8 Å². The molecule has 162 valence electrons. The maximum Gasteiger partial charge on any atom is 0.206 e. The molecule has 0 aliphatic heterocycles. The third-order valence-electron chi connectivity index (χ3n) is 6.03. The number of benzene rings is 4. The SMILES string of the molecule is N#CC(c1ccc(Cl)cc1Cl)c1c(S(=O)(=O)c2ccccc2)ccc2c1Cc1ccccc1-2. The summed E-state index contributed by atoms with van der Waals surface area (Å²) in [6, 6.07) is 27.0.